The first-order chi connectivity index (χ1) is 12.5. The maximum Gasteiger partial charge on any atom is 0.251 e. The molecule has 1 aromatic carbocycles. The predicted octanol–water partition coefficient (Wildman–Crippen LogP) is 2.91. The van der Waals surface area contributed by atoms with Crippen molar-refractivity contribution in [1.29, 1.82) is 0 Å². The van der Waals surface area contributed by atoms with Crippen LogP contribution in [0, 0.1) is 5.92 Å². The summed E-state index contributed by atoms with van der Waals surface area (Å²) < 4.78 is 11.0. The molecule has 6 heteroatoms. The van der Waals surface area contributed by atoms with E-state index in [-0.39, 0.29) is 24.4 Å². The maximum absolute atomic E-state index is 12.3. The van der Waals surface area contributed by atoms with Crippen molar-refractivity contribution in [3.05, 3.63) is 23.8 Å². The van der Waals surface area contributed by atoms with Crippen LogP contribution in [0.25, 0.3) is 0 Å². The molecule has 1 aliphatic rings. The first-order valence-electron chi connectivity index (χ1n) is 9.50. The molecule has 0 heterocycles. The molecule has 2 rings (SSSR count). The van der Waals surface area contributed by atoms with Crippen LogP contribution >= 0.6 is 0 Å². The van der Waals surface area contributed by atoms with Gasteiger partial charge >= 0.3 is 0 Å². The number of ether oxygens (including phenoxy) is 2. The minimum Gasteiger partial charge on any atom is -0.490 e. The van der Waals surface area contributed by atoms with Crippen LogP contribution in [0.5, 0.6) is 11.5 Å². The van der Waals surface area contributed by atoms with E-state index in [1.54, 1.807) is 18.2 Å². The lowest BCUT2D eigenvalue weighted by Gasteiger charge is -2.26. The van der Waals surface area contributed by atoms with Crippen molar-refractivity contribution >= 4 is 11.8 Å². The van der Waals surface area contributed by atoms with Gasteiger partial charge in [0.25, 0.3) is 5.91 Å². The fourth-order valence-corrected chi connectivity index (χ4v) is 3.14. The normalized spacial score (nSPS) is 19.5. The highest BCUT2D eigenvalue weighted by atomic mass is 16.5. The van der Waals surface area contributed by atoms with Gasteiger partial charge in [-0.25, -0.2) is 0 Å². The van der Waals surface area contributed by atoms with Crippen LogP contribution < -0.4 is 20.1 Å². The summed E-state index contributed by atoms with van der Waals surface area (Å²) >= 11 is 0. The number of rotatable bonds is 8. The Balaban J connectivity index is 1.86. The van der Waals surface area contributed by atoms with Crippen molar-refractivity contribution in [2.45, 2.75) is 52.5 Å². The number of hydrogen-bond acceptors (Lipinski definition) is 4. The molecule has 0 spiro atoms. The second-order valence-corrected chi connectivity index (χ2v) is 6.73. The molecule has 1 aromatic rings. The highest BCUT2D eigenvalue weighted by Gasteiger charge is 2.20. The van der Waals surface area contributed by atoms with Gasteiger partial charge in [-0.3, -0.25) is 9.59 Å². The molecule has 0 aromatic heterocycles. The molecule has 2 amide bonds. The largest absolute Gasteiger partial charge is 0.490 e. The molecular weight excluding hydrogens is 332 g/mol. The summed E-state index contributed by atoms with van der Waals surface area (Å²) in [6.45, 7) is 6.98. The lowest BCUT2D eigenvalue weighted by atomic mass is 9.87. The Kier molecular flexibility index (Phi) is 7.75. The molecular formula is C20H30N2O4. The number of carbonyl (C=O) groups is 2. The summed E-state index contributed by atoms with van der Waals surface area (Å²) in [5.74, 6) is 1.43. The fraction of sp³-hybridized carbons (Fsp3) is 0.600. The van der Waals surface area contributed by atoms with Gasteiger partial charge in [-0.1, -0.05) is 6.92 Å². The second kappa shape index (κ2) is 10.0. The van der Waals surface area contributed by atoms with Gasteiger partial charge in [-0.15, -0.1) is 0 Å². The van der Waals surface area contributed by atoms with Gasteiger partial charge in [0, 0.05) is 11.6 Å². The molecule has 1 saturated carbocycles. The highest BCUT2D eigenvalue weighted by Crippen LogP contribution is 2.28. The maximum atomic E-state index is 12.3. The Morgan fingerprint density at radius 1 is 1.04 bits per heavy atom. The van der Waals surface area contributed by atoms with Crippen molar-refractivity contribution < 1.29 is 19.1 Å². The smallest absolute Gasteiger partial charge is 0.251 e. The third kappa shape index (κ3) is 5.93. The zero-order valence-corrected chi connectivity index (χ0v) is 16.0. The molecule has 1 fully saturated rings. The molecule has 0 unspecified atom stereocenters. The minimum atomic E-state index is -0.304. The average Bonchev–Trinajstić information content (AvgIpc) is 2.63. The molecule has 6 nitrogen and oxygen atoms in total. The van der Waals surface area contributed by atoms with E-state index in [0.717, 1.165) is 31.6 Å². The molecule has 0 bridgehead atoms. The van der Waals surface area contributed by atoms with E-state index in [2.05, 4.69) is 17.6 Å². The van der Waals surface area contributed by atoms with Gasteiger partial charge in [0.15, 0.2) is 11.5 Å². The predicted molar refractivity (Wildman–Crippen MR) is 101 cm³/mol. The SMILES string of the molecule is CCOc1ccc(C(=O)NCC(=O)NC2CCC(C)CC2)cc1OCC. The van der Waals surface area contributed by atoms with Gasteiger partial charge in [0.1, 0.15) is 0 Å². The van der Waals surface area contributed by atoms with Crippen LogP contribution in [0.15, 0.2) is 18.2 Å². The summed E-state index contributed by atoms with van der Waals surface area (Å²) in [6.07, 6.45) is 4.31. The van der Waals surface area contributed by atoms with E-state index < -0.39 is 0 Å². The summed E-state index contributed by atoms with van der Waals surface area (Å²) in [6, 6.07) is 5.26. The van der Waals surface area contributed by atoms with Crippen LogP contribution in [-0.2, 0) is 4.79 Å². The molecule has 0 atom stereocenters. The Morgan fingerprint density at radius 2 is 1.69 bits per heavy atom. The Hall–Kier alpha value is -2.24. The molecule has 0 aliphatic heterocycles. The number of carbonyl (C=O) groups excluding carboxylic acids is 2. The molecule has 144 valence electrons. The topological polar surface area (TPSA) is 76.7 Å². The van der Waals surface area contributed by atoms with Crippen LogP contribution in [0.2, 0.25) is 0 Å². The molecule has 2 N–H and O–H groups in total. The van der Waals surface area contributed by atoms with E-state index >= 15 is 0 Å². The first kappa shape index (κ1) is 20.1. The number of benzene rings is 1. The van der Waals surface area contributed by atoms with Crippen molar-refractivity contribution in [3.8, 4) is 11.5 Å². The van der Waals surface area contributed by atoms with E-state index in [1.807, 2.05) is 13.8 Å². The zero-order chi connectivity index (χ0) is 18.9. The summed E-state index contributed by atoms with van der Waals surface area (Å²) in [5, 5.41) is 5.68. The second-order valence-electron chi connectivity index (χ2n) is 6.73. The van der Waals surface area contributed by atoms with Crippen LogP contribution in [0.1, 0.15) is 56.8 Å². The lowest BCUT2D eigenvalue weighted by Crippen LogP contribution is -2.43. The Labute approximate surface area is 155 Å². The minimum absolute atomic E-state index is 0.0257. The van der Waals surface area contributed by atoms with Gasteiger partial charge < -0.3 is 20.1 Å². The van der Waals surface area contributed by atoms with Crippen molar-refractivity contribution in [1.82, 2.24) is 10.6 Å². The third-order valence-corrected chi connectivity index (χ3v) is 4.60. The van der Waals surface area contributed by atoms with Gasteiger partial charge in [0.2, 0.25) is 5.91 Å². The van der Waals surface area contributed by atoms with Crippen LogP contribution in [0.4, 0.5) is 0 Å². The Morgan fingerprint density at radius 3 is 2.35 bits per heavy atom. The van der Waals surface area contributed by atoms with Crippen LogP contribution in [-0.4, -0.2) is 37.6 Å². The monoisotopic (exact) mass is 362 g/mol. The summed E-state index contributed by atoms with van der Waals surface area (Å²) in [5.41, 5.74) is 0.441. The van der Waals surface area contributed by atoms with Gasteiger partial charge in [-0.2, -0.15) is 0 Å². The Bertz CT molecular complexity index is 610. The summed E-state index contributed by atoms with van der Waals surface area (Å²) in [4.78, 5) is 24.4. The number of amides is 2. The van der Waals surface area contributed by atoms with Gasteiger partial charge in [0.05, 0.1) is 19.8 Å². The molecule has 0 saturated heterocycles. The zero-order valence-electron chi connectivity index (χ0n) is 16.0. The molecule has 0 radical (unpaired) electrons. The molecule has 26 heavy (non-hydrogen) atoms. The third-order valence-electron chi connectivity index (χ3n) is 4.60. The quantitative estimate of drug-likeness (QED) is 0.745. The van der Waals surface area contributed by atoms with E-state index in [9.17, 15) is 9.59 Å². The average molecular weight is 362 g/mol. The fourth-order valence-electron chi connectivity index (χ4n) is 3.14. The van der Waals surface area contributed by atoms with E-state index in [4.69, 9.17) is 9.47 Å². The van der Waals surface area contributed by atoms with Crippen LogP contribution in [0.3, 0.4) is 0 Å². The standard InChI is InChI=1S/C20H30N2O4/c1-4-25-17-11-8-15(12-18(17)26-5-2)20(24)21-13-19(23)22-16-9-6-14(3)7-10-16/h8,11-12,14,16H,4-7,9-10,13H2,1-3H3,(H,21,24)(H,22,23). The molecule has 1 aliphatic carbocycles. The summed E-state index contributed by atoms with van der Waals surface area (Å²) in [7, 11) is 0. The first-order valence-corrected chi connectivity index (χ1v) is 9.50. The van der Waals surface area contributed by atoms with E-state index in [0.29, 0.717) is 30.3 Å². The van der Waals surface area contributed by atoms with Gasteiger partial charge in [-0.05, 0) is 63.6 Å². The van der Waals surface area contributed by atoms with Crippen molar-refractivity contribution in [2.24, 2.45) is 5.92 Å². The highest BCUT2D eigenvalue weighted by molar-refractivity contribution is 5.97. The number of nitrogens with one attached hydrogen (secondary N) is 2. The van der Waals surface area contributed by atoms with Crippen molar-refractivity contribution in [2.75, 3.05) is 19.8 Å². The lowest BCUT2D eigenvalue weighted by molar-refractivity contribution is -0.121. The van der Waals surface area contributed by atoms with Crippen molar-refractivity contribution in [3.63, 3.8) is 0 Å². The van der Waals surface area contributed by atoms with E-state index in [1.165, 1.54) is 0 Å². The number of hydrogen-bond donors (Lipinski definition) is 2.